The van der Waals surface area contributed by atoms with Crippen LogP contribution in [0.1, 0.15) is 19.8 Å². The van der Waals surface area contributed by atoms with Crippen LogP contribution in [0.25, 0.3) is 20.7 Å². The fourth-order valence-corrected chi connectivity index (χ4v) is 4.41. The molecule has 2 aromatic heterocycles. The van der Waals surface area contributed by atoms with Crippen LogP contribution in [0.2, 0.25) is 0 Å². The summed E-state index contributed by atoms with van der Waals surface area (Å²) in [5.74, 6) is -0.608. The van der Waals surface area contributed by atoms with E-state index in [0.29, 0.717) is 11.6 Å². The molecule has 0 fully saturated rings. The van der Waals surface area contributed by atoms with Gasteiger partial charge in [-0.05, 0) is 30.2 Å². The highest BCUT2D eigenvalue weighted by Crippen LogP contribution is 2.36. The van der Waals surface area contributed by atoms with Crippen LogP contribution in [-0.2, 0) is 4.79 Å². The third-order valence-corrected chi connectivity index (χ3v) is 6.11. The lowest BCUT2D eigenvalue weighted by Gasteiger charge is -2.06. The first-order chi connectivity index (χ1) is 13.6. The summed E-state index contributed by atoms with van der Waals surface area (Å²) in [7, 11) is 0. The maximum Gasteiger partial charge on any atom is 0.321 e. The first-order valence-corrected chi connectivity index (χ1v) is 10.6. The van der Waals surface area contributed by atoms with Gasteiger partial charge in [0.25, 0.3) is 0 Å². The molecule has 0 aliphatic rings. The van der Waals surface area contributed by atoms with E-state index in [0.717, 1.165) is 33.5 Å². The summed E-state index contributed by atoms with van der Waals surface area (Å²) in [6, 6.07) is 7.69. The molecule has 0 bridgehead atoms. The first kappa shape index (κ1) is 20.2. The maximum absolute atomic E-state index is 13.1. The Kier molecular flexibility index (Phi) is 6.94. The Morgan fingerprint density at radius 3 is 2.75 bits per heavy atom. The molecule has 0 atom stereocenters. The molecule has 0 unspecified atom stereocenters. The molecule has 2 heterocycles. The highest BCUT2D eigenvalue weighted by molar-refractivity contribution is 8.00. The topological polar surface area (TPSA) is 84.0 Å². The van der Waals surface area contributed by atoms with E-state index in [1.165, 1.54) is 41.6 Å². The predicted molar refractivity (Wildman–Crippen MR) is 110 cm³/mol. The molecule has 9 heteroatoms. The van der Waals surface area contributed by atoms with Gasteiger partial charge in [0.05, 0.1) is 16.0 Å². The molecule has 3 rings (SSSR count). The van der Waals surface area contributed by atoms with Crippen molar-refractivity contribution in [3.05, 3.63) is 42.5 Å². The molecule has 3 aromatic rings. The van der Waals surface area contributed by atoms with Crippen LogP contribution in [-0.4, -0.2) is 34.2 Å². The summed E-state index contributed by atoms with van der Waals surface area (Å²) in [5, 5.41) is 5.62. The average molecular weight is 419 g/mol. The predicted octanol–water partition coefficient (Wildman–Crippen LogP) is 4.22. The normalized spacial score (nSPS) is 10.8. The maximum atomic E-state index is 13.1. The van der Waals surface area contributed by atoms with E-state index in [9.17, 15) is 14.0 Å². The minimum absolute atomic E-state index is 0.0666. The van der Waals surface area contributed by atoms with Crippen LogP contribution in [0, 0.1) is 5.82 Å². The summed E-state index contributed by atoms with van der Waals surface area (Å²) >= 11 is 2.73. The number of aromatic nitrogens is 2. The molecule has 0 aliphatic carbocycles. The number of carbonyl (C=O) groups excluding carboxylic acids is 2. The number of rotatable bonds is 7. The number of fused-ring (bicyclic) bond motifs is 1. The quantitative estimate of drug-likeness (QED) is 0.341. The van der Waals surface area contributed by atoms with Gasteiger partial charge in [0.1, 0.15) is 17.2 Å². The summed E-state index contributed by atoms with van der Waals surface area (Å²) in [5.41, 5.74) is 1.65. The van der Waals surface area contributed by atoms with Crippen LogP contribution in [0.15, 0.2) is 41.7 Å². The summed E-state index contributed by atoms with van der Waals surface area (Å²) < 4.78 is 14.0. The Labute approximate surface area is 170 Å². The van der Waals surface area contributed by atoms with Gasteiger partial charge in [-0.2, -0.15) is 0 Å². The molecular formula is C19H19FN4O2S2. The number of unbranched alkanes of at least 4 members (excludes halogenated alkanes) is 1. The van der Waals surface area contributed by atoms with Gasteiger partial charge >= 0.3 is 6.03 Å². The second kappa shape index (κ2) is 9.61. The summed E-state index contributed by atoms with van der Waals surface area (Å²) in [4.78, 5) is 33.1. The van der Waals surface area contributed by atoms with Gasteiger partial charge in [-0.3, -0.25) is 10.1 Å². The number of halogens is 1. The van der Waals surface area contributed by atoms with Crippen LogP contribution >= 0.6 is 23.1 Å². The Morgan fingerprint density at radius 2 is 2.00 bits per heavy atom. The molecule has 0 radical (unpaired) electrons. The van der Waals surface area contributed by atoms with Crippen molar-refractivity contribution in [1.82, 2.24) is 20.6 Å². The van der Waals surface area contributed by atoms with Gasteiger partial charge in [0, 0.05) is 11.4 Å². The SMILES string of the molecule is CCCCNC(=O)NC(=O)CSc1ncnc2cc(-c3ccc(F)cc3)sc12. The van der Waals surface area contributed by atoms with Crippen LogP contribution in [0.5, 0.6) is 0 Å². The number of imide groups is 1. The van der Waals surface area contributed by atoms with Crippen LogP contribution < -0.4 is 10.6 Å². The standard InChI is InChI=1S/C19H19FN4O2S2/c1-2-3-8-21-19(26)24-16(25)10-27-18-17-14(22-11-23-18)9-15(28-17)12-4-6-13(20)7-5-12/h4-7,9,11H,2-3,8,10H2,1H3,(H2,21,24,25,26). The van der Waals surface area contributed by atoms with E-state index in [4.69, 9.17) is 0 Å². The van der Waals surface area contributed by atoms with Crippen molar-refractivity contribution in [2.24, 2.45) is 0 Å². The number of thiophene rings is 1. The van der Waals surface area contributed by atoms with Crippen molar-refractivity contribution in [3.63, 3.8) is 0 Å². The van der Waals surface area contributed by atoms with Crippen molar-refractivity contribution in [2.45, 2.75) is 24.8 Å². The number of hydrogen-bond acceptors (Lipinski definition) is 6. The molecule has 0 saturated heterocycles. The van der Waals surface area contributed by atoms with Crippen molar-refractivity contribution in [3.8, 4) is 10.4 Å². The van der Waals surface area contributed by atoms with Gasteiger partial charge in [-0.1, -0.05) is 37.2 Å². The fraction of sp³-hybridized carbons (Fsp3) is 0.263. The van der Waals surface area contributed by atoms with E-state index < -0.39 is 6.03 Å². The molecule has 0 spiro atoms. The van der Waals surface area contributed by atoms with Gasteiger partial charge in [-0.25, -0.2) is 19.2 Å². The molecule has 0 saturated carbocycles. The smallest absolute Gasteiger partial charge is 0.321 e. The zero-order valence-corrected chi connectivity index (χ0v) is 16.8. The highest BCUT2D eigenvalue weighted by atomic mass is 32.2. The third kappa shape index (κ3) is 5.26. The lowest BCUT2D eigenvalue weighted by Crippen LogP contribution is -2.40. The average Bonchev–Trinajstić information content (AvgIpc) is 3.12. The Bertz CT molecular complexity index is 976. The molecule has 0 aliphatic heterocycles. The van der Waals surface area contributed by atoms with Crippen molar-refractivity contribution < 1.29 is 14.0 Å². The van der Waals surface area contributed by atoms with E-state index in [1.54, 1.807) is 12.1 Å². The Balaban J connectivity index is 1.66. The van der Waals surface area contributed by atoms with Crippen molar-refractivity contribution in [1.29, 1.82) is 0 Å². The minimum atomic E-state index is -0.485. The van der Waals surface area contributed by atoms with Crippen LogP contribution in [0.3, 0.4) is 0 Å². The lowest BCUT2D eigenvalue weighted by atomic mass is 10.2. The molecule has 3 amide bonds. The van der Waals surface area contributed by atoms with E-state index >= 15 is 0 Å². The molecule has 28 heavy (non-hydrogen) atoms. The second-order valence-electron chi connectivity index (χ2n) is 5.96. The number of carbonyl (C=O) groups is 2. The van der Waals surface area contributed by atoms with E-state index in [-0.39, 0.29) is 17.5 Å². The van der Waals surface area contributed by atoms with Gasteiger partial charge in [0.2, 0.25) is 5.91 Å². The Hall–Kier alpha value is -2.52. The van der Waals surface area contributed by atoms with Gasteiger partial charge < -0.3 is 5.32 Å². The van der Waals surface area contributed by atoms with Gasteiger partial charge in [-0.15, -0.1) is 11.3 Å². The lowest BCUT2D eigenvalue weighted by molar-refractivity contribution is -0.117. The molecule has 1 aromatic carbocycles. The second-order valence-corrected chi connectivity index (χ2v) is 7.97. The molecule has 146 valence electrons. The number of hydrogen-bond donors (Lipinski definition) is 2. The zero-order chi connectivity index (χ0) is 19.9. The van der Waals surface area contributed by atoms with E-state index in [1.807, 2.05) is 13.0 Å². The number of urea groups is 1. The Morgan fingerprint density at radius 1 is 1.21 bits per heavy atom. The fourth-order valence-electron chi connectivity index (χ4n) is 2.41. The minimum Gasteiger partial charge on any atom is -0.338 e. The molecular weight excluding hydrogens is 399 g/mol. The summed E-state index contributed by atoms with van der Waals surface area (Å²) in [6.07, 6.45) is 3.28. The first-order valence-electron chi connectivity index (χ1n) is 8.77. The highest BCUT2D eigenvalue weighted by Gasteiger charge is 2.13. The number of amides is 3. The number of nitrogens with one attached hydrogen (secondary N) is 2. The summed E-state index contributed by atoms with van der Waals surface area (Å²) in [6.45, 7) is 2.56. The number of nitrogens with zero attached hydrogens (tertiary/aromatic N) is 2. The molecule has 2 N–H and O–H groups in total. The van der Waals surface area contributed by atoms with Crippen LogP contribution in [0.4, 0.5) is 9.18 Å². The molecule has 6 nitrogen and oxygen atoms in total. The third-order valence-electron chi connectivity index (χ3n) is 3.82. The largest absolute Gasteiger partial charge is 0.338 e. The zero-order valence-electron chi connectivity index (χ0n) is 15.2. The number of thioether (sulfide) groups is 1. The monoisotopic (exact) mass is 418 g/mol. The number of benzene rings is 1. The van der Waals surface area contributed by atoms with Gasteiger partial charge in [0.15, 0.2) is 0 Å². The van der Waals surface area contributed by atoms with Crippen molar-refractivity contribution in [2.75, 3.05) is 12.3 Å². The van der Waals surface area contributed by atoms with E-state index in [2.05, 4.69) is 20.6 Å². The van der Waals surface area contributed by atoms with Crippen molar-refractivity contribution >= 4 is 45.3 Å².